The Bertz CT molecular complexity index is 410. The summed E-state index contributed by atoms with van der Waals surface area (Å²) in [5.74, 6) is 0. The van der Waals surface area contributed by atoms with E-state index in [2.05, 4.69) is 9.16 Å². The number of rotatable bonds is 2. The summed E-state index contributed by atoms with van der Waals surface area (Å²) in [6.07, 6.45) is 0. The third-order valence-corrected chi connectivity index (χ3v) is 1.66. The van der Waals surface area contributed by atoms with E-state index in [9.17, 15) is 13.0 Å². The molecule has 0 saturated heterocycles. The van der Waals surface area contributed by atoms with Crippen molar-refractivity contribution in [2.24, 2.45) is 0 Å². The van der Waals surface area contributed by atoms with Gasteiger partial charge in [-0.1, -0.05) is 18.2 Å². The molecular formula is C8H10N2O4S. The largest absolute Gasteiger partial charge is 0.726 e. The van der Waals surface area contributed by atoms with E-state index in [1.165, 1.54) is 6.92 Å². The van der Waals surface area contributed by atoms with Crippen LogP contribution in [0.1, 0.15) is 6.92 Å². The van der Waals surface area contributed by atoms with Gasteiger partial charge in [0.2, 0.25) is 15.8 Å². The summed E-state index contributed by atoms with van der Waals surface area (Å²) in [6.45, 7) is 1.33. The number of hydrogen-bond acceptors (Lipinski definition) is 5. The van der Waals surface area contributed by atoms with E-state index in [4.69, 9.17) is 5.39 Å². The van der Waals surface area contributed by atoms with Gasteiger partial charge >= 0.3 is 5.69 Å². The lowest BCUT2D eigenvalue weighted by atomic mass is 10.3. The highest BCUT2D eigenvalue weighted by molar-refractivity contribution is 7.80. The monoisotopic (exact) mass is 230 g/mol. The molecule has 15 heavy (non-hydrogen) atoms. The van der Waals surface area contributed by atoms with Crippen LogP contribution in [0.4, 0.5) is 5.69 Å². The van der Waals surface area contributed by atoms with Crippen LogP contribution in [0.2, 0.25) is 0 Å². The van der Waals surface area contributed by atoms with Crippen molar-refractivity contribution < 1.29 is 17.2 Å². The standard InChI is InChI=1S/C6H5N2.C2H6O4S/c7-8-6-4-2-1-3-5-6;1-2-6-7(3,4)5/h1-5H;2H2,1H3,(H,3,4,5)/q+1;/p-1. The summed E-state index contributed by atoms with van der Waals surface area (Å²) in [5.41, 5.74) is 0.590. The normalized spacial score (nSPS) is 9.67. The van der Waals surface area contributed by atoms with Gasteiger partial charge in [-0.2, -0.15) is 0 Å². The molecule has 0 aliphatic heterocycles. The molecule has 0 unspecified atom stereocenters. The van der Waals surface area contributed by atoms with E-state index in [0.717, 1.165) is 0 Å². The maximum absolute atomic E-state index is 9.45. The van der Waals surface area contributed by atoms with E-state index in [1.807, 2.05) is 18.2 Å². The van der Waals surface area contributed by atoms with Crippen LogP contribution in [-0.2, 0) is 14.6 Å². The van der Waals surface area contributed by atoms with Crippen molar-refractivity contribution in [1.82, 2.24) is 0 Å². The first-order valence-electron chi connectivity index (χ1n) is 4.00. The van der Waals surface area contributed by atoms with Crippen molar-refractivity contribution >= 4 is 16.1 Å². The van der Waals surface area contributed by atoms with Crippen molar-refractivity contribution in [1.29, 1.82) is 5.39 Å². The lowest BCUT2D eigenvalue weighted by molar-refractivity contribution is 0.275. The molecule has 0 bridgehead atoms. The molecule has 0 atom stereocenters. The molecule has 0 aliphatic rings. The van der Waals surface area contributed by atoms with Crippen LogP contribution in [0.15, 0.2) is 30.3 Å². The van der Waals surface area contributed by atoms with E-state index in [-0.39, 0.29) is 6.61 Å². The molecule has 1 aromatic carbocycles. The van der Waals surface area contributed by atoms with Crippen molar-refractivity contribution in [2.45, 2.75) is 6.92 Å². The predicted molar refractivity (Wildman–Crippen MR) is 52.5 cm³/mol. The summed E-state index contributed by atoms with van der Waals surface area (Å²) in [6, 6.07) is 8.94. The van der Waals surface area contributed by atoms with Gasteiger partial charge in [0.1, 0.15) is 0 Å². The first-order valence-corrected chi connectivity index (χ1v) is 5.33. The Morgan fingerprint density at radius 3 is 2.13 bits per heavy atom. The molecule has 0 fully saturated rings. The number of benzene rings is 1. The van der Waals surface area contributed by atoms with Crippen LogP contribution in [0.25, 0.3) is 4.98 Å². The second kappa shape index (κ2) is 6.89. The van der Waals surface area contributed by atoms with Gasteiger partial charge in [-0.3, -0.25) is 4.18 Å². The molecule has 0 spiro atoms. The molecule has 0 amide bonds. The lowest BCUT2D eigenvalue weighted by Gasteiger charge is -2.02. The number of diazo groups is 1. The van der Waals surface area contributed by atoms with E-state index in [0.29, 0.717) is 5.69 Å². The van der Waals surface area contributed by atoms with Crippen molar-refractivity contribution in [3.05, 3.63) is 35.3 Å². The molecule has 7 heteroatoms. The van der Waals surface area contributed by atoms with Crippen LogP contribution >= 0.6 is 0 Å². The Labute approximate surface area is 88.1 Å². The Kier molecular flexibility index (Phi) is 6.21. The Morgan fingerprint density at radius 1 is 1.40 bits per heavy atom. The SMILES string of the molecule is CCOS(=O)(=O)[O-].N#[N+]c1ccccc1. The summed E-state index contributed by atoms with van der Waals surface area (Å²) in [4.78, 5) is 2.97. The summed E-state index contributed by atoms with van der Waals surface area (Å²) in [7, 11) is -4.42. The molecule has 6 nitrogen and oxygen atoms in total. The van der Waals surface area contributed by atoms with Crippen LogP contribution in [0, 0.1) is 5.39 Å². The Hall–Kier alpha value is -1.49. The fourth-order valence-corrected chi connectivity index (χ4v) is 0.928. The van der Waals surface area contributed by atoms with Crippen molar-refractivity contribution in [3.63, 3.8) is 0 Å². The van der Waals surface area contributed by atoms with Gasteiger partial charge in [0.05, 0.1) is 6.61 Å². The smallest absolute Gasteiger partial charge is 0.385 e. The van der Waals surface area contributed by atoms with Gasteiger partial charge < -0.3 is 4.55 Å². The van der Waals surface area contributed by atoms with E-state index < -0.39 is 10.4 Å². The molecule has 82 valence electrons. The highest BCUT2D eigenvalue weighted by Gasteiger charge is 1.96. The fraction of sp³-hybridized carbons (Fsp3) is 0.250. The third-order valence-electron chi connectivity index (χ3n) is 1.13. The molecule has 0 N–H and O–H groups in total. The van der Waals surface area contributed by atoms with E-state index in [1.54, 1.807) is 12.1 Å². The zero-order chi connectivity index (χ0) is 11.7. The molecule has 1 rings (SSSR count). The minimum absolute atomic E-state index is 0.0914. The van der Waals surface area contributed by atoms with Gasteiger partial charge in [0.25, 0.3) is 0 Å². The lowest BCUT2D eigenvalue weighted by Crippen LogP contribution is -2.02. The highest BCUT2D eigenvalue weighted by atomic mass is 32.3. The van der Waals surface area contributed by atoms with Crippen LogP contribution in [0.3, 0.4) is 0 Å². The van der Waals surface area contributed by atoms with Crippen LogP contribution in [0.5, 0.6) is 0 Å². The average molecular weight is 230 g/mol. The van der Waals surface area contributed by atoms with Crippen LogP contribution in [-0.4, -0.2) is 19.6 Å². The molecule has 0 aliphatic carbocycles. The van der Waals surface area contributed by atoms with Gasteiger partial charge in [0, 0.05) is 12.1 Å². The molecule has 0 radical (unpaired) electrons. The fourth-order valence-electron chi connectivity index (χ4n) is 0.639. The minimum Gasteiger partial charge on any atom is -0.726 e. The molecule has 0 saturated carbocycles. The highest BCUT2D eigenvalue weighted by Crippen LogP contribution is 2.07. The van der Waals surface area contributed by atoms with Crippen LogP contribution < -0.4 is 0 Å². The molecule has 0 heterocycles. The maximum Gasteiger partial charge on any atom is 0.385 e. The van der Waals surface area contributed by atoms with Gasteiger partial charge in [-0.25, -0.2) is 8.42 Å². The van der Waals surface area contributed by atoms with Gasteiger partial charge in [-0.15, -0.1) is 0 Å². The Balaban J connectivity index is 0.000000265. The van der Waals surface area contributed by atoms with E-state index >= 15 is 0 Å². The Morgan fingerprint density at radius 2 is 1.93 bits per heavy atom. The van der Waals surface area contributed by atoms with Crippen molar-refractivity contribution in [2.75, 3.05) is 6.61 Å². The zero-order valence-corrected chi connectivity index (χ0v) is 8.85. The topological polar surface area (TPSA) is 94.6 Å². The second-order valence-electron chi connectivity index (χ2n) is 2.25. The van der Waals surface area contributed by atoms with Gasteiger partial charge in [-0.05, 0) is 6.92 Å². The number of nitrogens with zero attached hydrogens (tertiary/aromatic N) is 2. The molecular weight excluding hydrogens is 220 g/mol. The molecule has 1 aromatic rings. The first-order chi connectivity index (χ1) is 6.99. The first kappa shape index (κ1) is 13.5. The second-order valence-corrected chi connectivity index (χ2v) is 3.30. The summed E-state index contributed by atoms with van der Waals surface area (Å²) >= 11 is 0. The third kappa shape index (κ3) is 8.83. The van der Waals surface area contributed by atoms with Crippen molar-refractivity contribution in [3.8, 4) is 0 Å². The summed E-state index contributed by atoms with van der Waals surface area (Å²) in [5, 5.41) is 8.16. The predicted octanol–water partition coefficient (Wildman–Crippen LogP) is 1.65. The van der Waals surface area contributed by atoms with Gasteiger partial charge in [0.15, 0.2) is 4.98 Å². The summed E-state index contributed by atoms with van der Waals surface area (Å²) < 4.78 is 32.0. The zero-order valence-electron chi connectivity index (χ0n) is 8.03. The number of hydrogen-bond donors (Lipinski definition) is 0. The minimum atomic E-state index is -4.42. The maximum atomic E-state index is 9.45. The molecule has 0 aromatic heterocycles. The average Bonchev–Trinajstić information content (AvgIpc) is 2.18. The quantitative estimate of drug-likeness (QED) is 0.437.